The summed E-state index contributed by atoms with van der Waals surface area (Å²) >= 11 is 0. The Hall–Kier alpha value is -6.06. The molecule has 0 N–H and O–H groups in total. The third kappa shape index (κ3) is 4.13. The van der Waals surface area contributed by atoms with Gasteiger partial charge in [0.05, 0.1) is 22.1 Å². The van der Waals surface area contributed by atoms with Crippen molar-refractivity contribution in [3.8, 4) is 16.8 Å². The van der Waals surface area contributed by atoms with Crippen molar-refractivity contribution < 1.29 is 4.42 Å². The fourth-order valence-electron chi connectivity index (χ4n) is 6.76. The Balaban J connectivity index is 1.21. The van der Waals surface area contributed by atoms with Gasteiger partial charge in [0.25, 0.3) is 0 Å². The van der Waals surface area contributed by atoms with Gasteiger partial charge in [-0.15, -0.1) is 0 Å². The fourth-order valence-corrected chi connectivity index (χ4v) is 6.76. The van der Waals surface area contributed by atoms with Crippen LogP contribution in [-0.2, 0) is 0 Å². The molecule has 3 heteroatoms. The molecule has 0 amide bonds. The van der Waals surface area contributed by atoms with Crippen molar-refractivity contribution >= 4 is 60.8 Å². The summed E-state index contributed by atoms with van der Waals surface area (Å²) in [6, 6.07) is 60.0. The van der Waals surface area contributed by atoms with Crippen molar-refractivity contribution in [2.24, 2.45) is 0 Å². The Morgan fingerprint density at radius 3 is 1.80 bits per heavy atom. The molecule has 0 spiro atoms. The molecule has 0 aliphatic heterocycles. The van der Waals surface area contributed by atoms with Crippen LogP contribution in [0.25, 0.3) is 60.6 Å². The number of hydrogen-bond acceptors (Lipinski definition) is 2. The third-order valence-corrected chi connectivity index (χ3v) is 8.77. The number of fused-ring (bicyclic) bond motifs is 6. The Morgan fingerprint density at radius 2 is 1.04 bits per heavy atom. The normalized spacial score (nSPS) is 11.6. The summed E-state index contributed by atoms with van der Waals surface area (Å²) in [5, 5.41) is 4.69. The van der Waals surface area contributed by atoms with Gasteiger partial charge in [-0.1, -0.05) is 91.0 Å². The smallest absolute Gasteiger partial charge is 0.137 e. The van der Waals surface area contributed by atoms with E-state index in [1.54, 1.807) is 0 Å². The van der Waals surface area contributed by atoms with E-state index >= 15 is 0 Å². The average Bonchev–Trinajstić information content (AvgIpc) is 3.65. The Kier molecular flexibility index (Phi) is 5.82. The number of hydrogen-bond donors (Lipinski definition) is 0. The van der Waals surface area contributed by atoms with Crippen molar-refractivity contribution in [1.29, 1.82) is 0 Å². The van der Waals surface area contributed by atoms with Crippen LogP contribution in [0.3, 0.4) is 0 Å². The molecular weight excluding hydrogens is 548 g/mol. The summed E-state index contributed by atoms with van der Waals surface area (Å²) in [6.07, 6.45) is 0. The summed E-state index contributed by atoms with van der Waals surface area (Å²) in [5.41, 5.74) is 10.9. The first-order chi connectivity index (χ1) is 22.3. The minimum Gasteiger partial charge on any atom is -0.456 e. The molecular formula is C42H28N2O. The molecule has 45 heavy (non-hydrogen) atoms. The van der Waals surface area contributed by atoms with Crippen LogP contribution in [0.5, 0.6) is 0 Å². The van der Waals surface area contributed by atoms with Crippen molar-refractivity contribution in [2.75, 3.05) is 4.90 Å². The lowest BCUT2D eigenvalue weighted by atomic mass is 10.0. The number of rotatable bonds is 5. The van der Waals surface area contributed by atoms with Gasteiger partial charge in [-0.05, 0) is 90.0 Å². The zero-order valence-corrected chi connectivity index (χ0v) is 24.5. The van der Waals surface area contributed by atoms with Gasteiger partial charge in [-0.3, -0.25) is 0 Å². The molecule has 9 rings (SSSR count). The summed E-state index contributed by atoms with van der Waals surface area (Å²) in [7, 11) is 0. The molecule has 7 aromatic carbocycles. The van der Waals surface area contributed by atoms with Crippen LogP contribution in [0.1, 0.15) is 0 Å². The number of furan rings is 1. The first-order valence-corrected chi connectivity index (χ1v) is 15.3. The lowest BCUT2D eigenvalue weighted by Gasteiger charge is -2.26. The first-order valence-electron chi connectivity index (χ1n) is 15.3. The summed E-state index contributed by atoms with van der Waals surface area (Å²) in [6.45, 7) is 0. The number of para-hydroxylation sites is 4. The Bertz CT molecular complexity index is 2440. The van der Waals surface area contributed by atoms with E-state index < -0.39 is 0 Å². The molecule has 9 aromatic rings. The highest BCUT2D eigenvalue weighted by Crippen LogP contribution is 2.43. The van der Waals surface area contributed by atoms with E-state index in [0.29, 0.717) is 0 Å². The number of aromatic nitrogens is 1. The molecule has 212 valence electrons. The second-order valence-corrected chi connectivity index (χ2v) is 11.4. The Labute approximate surface area is 260 Å². The minimum atomic E-state index is 0.873. The molecule has 0 radical (unpaired) electrons. The highest BCUT2D eigenvalue weighted by atomic mass is 16.3. The molecule has 0 aliphatic rings. The minimum absolute atomic E-state index is 0.873. The Morgan fingerprint density at radius 1 is 0.422 bits per heavy atom. The van der Waals surface area contributed by atoms with Gasteiger partial charge in [0, 0.05) is 33.2 Å². The topological polar surface area (TPSA) is 21.3 Å². The molecule has 0 unspecified atom stereocenters. The zero-order valence-electron chi connectivity index (χ0n) is 24.5. The molecule has 2 aromatic heterocycles. The van der Waals surface area contributed by atoms with E-state index in [1.165, 1.54) is 21.8 Å². The second kappa shape index (κ2) is 10.3. The largest absolute Gasteiger partial charge is 0.456 e. The fraction of sp³-hybridized carbons (Fsp3) is 0. The number of benzene rings is 7. The van der Waals surface area contributed by atoms with Crippen molar-refractivity contribution in [3.05, 3.63) is 170 Å². The van der Waals surface area contributed by atoms with Gasteiger partial charge in [0.1, 0.15) is 11.2 Å². The molecule has 2 heterocycles. The van der Waals surface area contributed by atoms with Gasteiger partial charge in [-0.2, -0.15) is 0 Å². The lowest BCUT2D eigenvalue weighted by Crippen LogP contribution is -2.09. The van der Waals surface area contributed by atoms with Crippen LogP contribution in [0.15, 0.2) is 174 Å². The summed E-state index contributed by atoms with van der Waals surface area (Å²) < 4.78 is 8.92. The van der Waals surface area contributed by atoms with Crippen molar-refractivity contribution in [1.82, 2.24) is 4.57 Å². The SMILES string of the molecule is c1ccc(N(c2ccccc2)c2cccc3oc4cc(-c5ccc6c(c5)c5ccccc5n6-c5ccccc5)ccc4c23)cc1. The number of anilines is 3. The van der Waals surface area contributed by atoms with E-state index in [0.717, 1.165) is 55.8 Å². The monoisotopic (exact) mass is 576 g/mol. The molecule has 0 saturated carbocycles. The third-order valence-electron chi connectivity index (χ3n) is 8.77. The van der Waals surface area contributed by atoms with E-state index in [4.69, 9.17) is 4.42 Å². The van der Waals surface area contributed by atoms with Gasteiger partial charge >= 0.3 is 0 Å². The van der Waals surface area contributed by atoms with Gasteiger partial charge in [-0.25, -0.2) is 0 Å². The summed E-state index contributed by atoms with van der Waals surface area (Å²) in [4.78, 5) is 2.31. The van der Waals surface area contributed by atoms with Crippen LogP contribution in [0, 0.1) is 0 Å². The quantitative estimate of drug-likeness (QED) is 0.203. The maximum atomic E-state index is 6.57. The zero-order chi connectivity index (χ0) is 29.7. The molecule has 0 bridgehead atoms. The molecule has 3 nitrogen and oxygen atoms in total. The van der Waals surface area contributed by atoms with Crippen molar-refractivity contribution in [2.45, 2.75) is 0 Å². The van der Waals surface area contributed by atoms with E-state index in [-0.39, 0.29) is 0 Å². The maximum absolute atomic E-state index is 6.57. The van der Waals surface area contributed by atoms with E-state index in [2.05, 4.69) is 179 Å². The number of nitrogens with zero attached hydrogens (tertiary/aromatic N) is 2. The van der Waals surface area contributed by atoms with E-state index in [9.17, 15) is 0 Å². The van der Waals surface area contributed by atoms with Crippen LogP contribution >= 0.6 is 0 Å². The van der Waals surface area contributed by atoms with Gasteiger partial charge in [0.15, 0.2) is 0 Å². The van der Waals surface area contributed by atoms with Gasteiger partial charge in [0.2, 0.25) is 0 Å². The maximum Gasteiger partial charge on any atom is 0.137 e. The van der Waals surface area contributed by atoms with Crippen molar-refractivity contribution in [3.63, 3.8) is 0 Å². The highest BCUT2D eigenvalue weighted by molar-refractivity contribution is 6.14. The standard InChI is InChI=1S/C42H28N2O/c1-4-13-31(14-5-1)43(32-15-6-2-7-16-32)39-21-12-22-40-42(39)35-25-23-30(28-41(35)45-40)29-24-26-38-36(27-29)34-19-10-11-20-37(34)44(38)33-17-8-3-9-18-33/h1-28H. The van der Waals surface area contributed by atoms with Crippen LogP contribution in [-0.4, -0.2) is 4.57 Å². The molecule has 0 fully saturated rings. The molecule has 0 saturated heterocycles. The van der Waals surface area contributed by atoms with Gasteiger partial charge < -0.3 is 13.9 Å². The molecule has 0 atom stereocenters. The highest BCUT2D eigenvalue weighted by Gasteiger charge is 2.20. The lowest BCUT2D eigenvalue weighted by molar-refractivity contribution is 0.669. The summed E-state index contributed by atoms with van der Waals surface area (Å²) in [5.74, 6) is 0. The van der Waals surface area contributed by atoms with E-state index in [1.807, 2.05) is 0 Å². The predicted molar refractivity (Wildman–Crippen MR) is 188 cm³/mol. The van der Waals surface area contributed by atoms with Crippen LogP contribution in [0.2, 0.25) is 0 Å². The second-order valence-electron chi connectivity index (χ2n) is 11.4. The molecule has 0 aliphatic carbocycles. The average molecular weight is 577 g/mol. The van der Waals surface area contributed by atoms with Crippen LogP contribution < -0.4 is 4.90 Å². The predicted octanol–water partition coefficient (Wildman–Crippen LogP) is 11.8. The van der Waals surface area contributed by atoms with Crippen LogP contribution in [0.4, 0.5) is 17.1 Å². The first kappa shape index (κ1) is 25.4.